The molecule has 2 aliphatic rings. The Kier molecular flexibility index (Phi) is 7.19. The molecule has 8 nitrogen and oxygen atoms in total. The maximum absolute atomic E-state index is 12.5. The Morgan fingerprint density at radius 3 is 2.48 bits per heavy atom. The number of carbonyl (C=O) groups excluding carboxylic acids is 1. The number of likely N-dealkylation sites (tertiary alicyclic amines) is 1. The van der Waals surface area contributed by atoms with Gasteiger partial charge < -0.3 is 19.5 Å². The van der Waals surface area contributed by atoms with Gasteiger partial charge >= 0.3 is 0 Å². The van der Waals surface area contributed by atoms with E-state index in [9.17, 15) is 4.79 Å². The Labute approximate surface area is 183 Å². The topological polar surface area (TPSA) is 77.2 Å². The van der Waals surface area contributed by atoms with E-state index < -0.39 is 0 Å². The number of aliphatic imine (C=N–C) groups is 1. The Bertz CT molecular complexity index is 867. The van der Waals surface area contributed by atoms with Crippen LogP contribution in [0.4, 0.5) is 0 Å². The van der Waals surface area contributed by atoms with Crippen molar-refractivity contribution in [3.63, 3.8) is 0 Å². The SMILES string of the molecule is CN=C(NCc1coc(-c2ccccc2)n1)N1CCN(CC(=O)N2CCCCC2)CC1. The summed E-state index contributed by atoms with van der Waals surface area (Å²) in [6.07, 6.45) is 5.21. The number of nitrogens with zero attached hydrogens (tertiary/aromatic N) is 5. The lowest BCUT2D eigenvalue weighted by Gasteiger charge is -2.37. The minimum Gasteiger partial charge on any atom is -0.444 e. The number of hydrogen-bond donors (Lipinski definition) is 1. The fourth-order valence-corrected chi connectivity index (χ4v) is 4.16. The molecule has 0 unspecified atom stereocenters. The van der Waals surface area contributed by atoms with Crippen molar-refractivity contribution in [2.75, 3.05) is 52.9 Å². The molecule has 1 N–H and O–H groups in total. The van der Waals surface area contributed by atoms with Gasteiger partial charge in [-0.15, -0.1) is 0 Å². The number of nitrogens with one attached hydrogen (secondary N) is 1. The molecule has 31 heavy (non-hydrogen) atoms. The monoisotopic (exact) mass is 424 g/mol. The maximum Gasteiger partial charge on any atom is 0.236 e. The van der Waals surface area contributed by atoms with Crippen molar-refractivity contribution in [1.82, 2.24) is 25.0 Å². The fourth-order valence-electron chi connectivity index (χ4n) is 4.16. The van der Waals surface area contributed by atoms with Gasteiger partial charge in [-0.05, 0) is 31.4 Å². The summed E-state index contributed by atoms with van der Waals surface area (Å²) in [6.45, 7) is 6.34. The fraction of sp³-hybridized carbons (Fsp3) is 0.522. The molecule has 2 saturated heterocycles. The average Bonchev–Trinajstić information content (AvgIpc) is 3.31. The van der Waals surface area contributed by atoms with E-state index in [0.717, 1.165) is 69.3 Å². The van der Waals surface area contributed by atoms with Crippen LogP contribution in [0, 0.1) is 0 Å². The molecule has 0 radical (unpaired) electrons. The number of rotatable bonds is 5. The predicted molar refractivity (Wildman–Crippen MR) is 121 cm³/mol. The zero-order valence-electron chi connectivity index (χ0n) is 18.3. The first-order chi connectivity index (χ1) is 15.2. The summed E-state index contributed by atoms with van der Waals surface area (Å²) in [5.41, 5.74) is 1.80. The summed E-state index contributed by atoms with van der Waals surface area (Å²) in [7, 11) is 1.80. The van der Waals surface area contributed by atoms with Crippen LogP contribution in [-0.4, -0.2) is 84.4 Å². The van der Waals surface area contributed by atoms with Crippen LogP contribution in [-0.2, 0) is 11.3 Å². The van der Waals surface area contributed by atoms with Crippen LogP contribution in [0.3, 0.4) is 0 Å². The molecule has 0 spiro atoms. The summed E-state index contributed by atoms with van der Waals surface area (Å²) >= 11 is 0. The highest BCUT2D eigenvalue weighted by Crippen LogP contribution is 2.18. The van der Waals surface area contributed by atoms with Crippen LogP contribution < -0.4 is 5.32 Å². The maximum atomic E-state index is 12.5. The molecule has 3 heterocycles. The van der Waals surface area contributed by atoms with Gasteiger partial charge in [-0.2, -0.15) is 0 Å². The molecule has 0 bridgehead atoms. The Hall–Kier alpha value is -2.87. The number of hydrogen-bond acceptors (Lipinski definition) is 5. The van der Waals surface area contributed by atoms with E-state index in [1.807, 2.05) is 35.2 Å². The molecule has 0 atom stereocenters. The highest BCUT2D eigenvalue weighted by molar-refractivity contribution is 5.80. The van der Waals surface area contributed by atoms with Gasteiger partial charge in [0, 0.05) is 51.9 Å². The van der Waals surface area contributed by atoms with E-state index >= 15 is 0 Å². The minimum atomic E-state index is 0.274. The summed E-state index contributed by atoms with van der Waals surface area (Å²) in [6, 6.07) is 9.88. The Balaban J connectivity index is 1.23. The Morgan fingerprint density at radius 1 is 1.03 bits per heavy atom. The highest BCUT2D eigenvalue weighted by Gasteiger charge is 2.24. The third-order valence-electron chi connectivity index (χ3n) is 5.95. The highest BCUT2D eigenvalue weighted by atomic mass is 16.3. The first kappa shape index (κ1) is 21.4. The molecule has 0 saturated carbocycles. The van der Waals surface area contributed by atoms with Crippen LogP contribution in [0.15, 0.2) is 46.0 Å². The molecular weight excluding hydrogens is 392 g/mol. The van der Waals surface area contributed by atoms with E-state index in [0.29, 0.717) is 19.0 Å². The Morgan fingerprint density at radius 2 is 1.77 bits per heavy atom. The van der Waals surface area contributed by atoms with Crippen molar-refractivity contribution in [2.24, 2.45) is 4.99 Å². The van der Waals surface area contributed by atoms with Gasteiger partial charge in [0.1, 0.15) is 6.26 Å². The van der Waals surface area contributed by atoms with Gasteiger partial charge in [-0.1, -0.05) is 18.2 Å². The van der Waals surface area contributed by atoms with E-state index in [2.05, 4.69) is 25.1 Å². The van der Waals surface area contributed by atoms with Crippen molar-refractivity contribution in [3.05, 3.63) is 42.3 Å². The molecule has 2 aliphatic heterocycles. The van der Waals surface area contributed by atoms with Gasteiger partial charge in [-0.3, -0.25) is 14.7 Å². The van der Waals surface area contributed by atoms with Crippen LogP contribution in [0.25, 0.3) is 11.5 Å². The van der Waals surface area contributed by atoms with E-state index in [-0.39, 0.29) is 5.91 Å². The summed E-state index contributed by atoms with van der Waals surface area (Å²) in [5, 5.41) is 3.39. The largest absolute Gasteiger partial charge is 0.444 e. The smallest absolute Gasteiger partial charge is 0.236 e. The normalized spacial score (nSPS) is 18.3. The predicted octanol–water partition coefficient (Wildman–Crippen LogP) is 2.05. The molecule has 4 rings (SSSR count). The van der Waals surface area contributed by atoms with Gasteiger partial charge in [0.15, 0.2) is 5.96 Å². The number of guanidine groups is 1. The number of benzene rings is 1. The molecule has 8 heteroatoms. The first-order valence-corrected chi connectivity index (χ1v) is 11.2. The summed E-state index contributed by atoms with van der Waals surface area (Å²) in [4.78, 5) is 28.0. The van der Waals surface area contributed by atoms with Crippen LogP contribution in [0.1, 0.15) is 25.0 Å². The van der Waals surface area contributed by atoms with Crippen LogP contribution >= 0.6 is 0 Å². The first-order valence-electron chi connectivity index (χ1n) is 11.2. The van der Waals surface area contributed by atoms with E-state index in [4.69, 9.17) is 4.42 Å². The van der Waals surface area contributed by atoms with Crippen molar-refractivity contribution >= 4 is 11.9 Å². The van der Waals surface area contributed by atoms with Crippen molar-refractivity contribution in [1.29, 1.82) is 0 Å². The standard InChI is InChI=1S/C23H32N6O2/c1-24-23(25-16-20-18-31-22(26-20)19-8-4-2-5-9-19)29-14-12-27(13-15-29)17-21(30)28-10-6-3-7-11-28/h2,4-5,8-9,18H,3,6-7,10-17H2,1H3,(H,24,25). The lowest BCUT2D eigenvalue weighted by Crippen LogP contribution is -2.54. The van der Waals surface area contributed by atoms with Crippen LogP contribution in [0.5, 0.6) is 0 Å². The number of oxazole rings is 1. The molecule has 2 aromatic rings. The van der Waals surface area contributed by atoms with Gasteiger partial charge in [0.2, 0.25) is 11.8 Å². The second kappa shape index (κ2) is 10.4. The molecule has 1 aromatic carbocycles. The van der Waals surface area contributed by atoms with Crippen molar-refractivity contribution < 1.29 is 9.21 Å². The minimum absolute atomic E-state index is 0.274. The molecule has 0 aliphatic carbocycles. The number of carbonyl (C=O) groups is 1. The lowest BCUT2D eigenvalue weighted by molar-refractivity contribution is -0.133. The number of amides is 1. The van der Waals surface area contributed by atoms with E-state index in [1.54, 1.807) is 13.3 Å². The van der Waals surface area contributed by atoms with Crippen LogP contribution in [0.2, 0.25) is 0 Å². The lowest BCUT2D eigenvalue weighted by atomic mass is 10.1. The van der Waals surface area contributed by atoms with Gasteiger partial charge in [0.25, 0.3) is 0 Å². The quantitative estimate of drug-likeness (QED) is 0.585. The molecule has 1 aromatic heterocycles. The third-order valence-corrected chi connectivity index (χ3v) is 5.95. The summed E-state index contributed by atoms with van der Waals surface area (Å²) in [5.74, 6) is 1.75. The zero-order valence-corrected chi connectivity index (χ0v) is 18.3. The third kappa shape index (κ3) is 5.64. The summed E-state index contributed by atoms with van der Waals surface area (Å²) < 4.78 is 5.62. The second-order valence-electron chi connectivity index (χ2n) is 8.12. The zero-order chi connectivity index (χ0) is 21.5. The number of piperidine rings is 1. The second-order valence-corrected chi connectivity index (χ2v) is 8.12. The average molecular weight is 425 g/mol. The molecular formula is C23H32N6O2. The molecule has 2 fully saturated rings. The number of aromatic nitrogens is 1. The van der Waals surface area contributed by atoms with Gasteiger partial charge in [-0.25, -0.2) is 4.98 Å². The number of piperazine rings is 1. The van der Waals surface area contributed by atoms with E-state index in [1.165, 1.54) is 6.42 Å². The molecule has 166 valence electrons. The van der Waals surface area contributed by atoms with Crippen molar-refractivity contribution in [3.8, 4) is 11.5 Å². The van der Waals surface area contributed by atoms with Gasteiger partial charge in [0.05, 0.1) is 18.8 Å². The van der Waals surface area contributed by atoms with Crippen molar-refractivity contribution in [2.45, 2.75) is 25.8 Å². The molecule has 1 amide bonds.